The first-order valence-corrected chi connectivity index (χ1v) is 10.7. The van der Waals surface area contributed by atoms with Crippen LogP contribution in [0.5, 0.6) is 0 Å². The summed E-state index contributed by atoms with van der Waals surface area (Å²) in [6.45, 7) is 1.68. The maximum atomic E-state index is 13.6. The van der Waals surface area contributed by atoms with Crippen molar-refractivity contribution in [3.63, 3.8) is 0 Å². The number of aromatic nitrogens is 3. The van der Waals surface area contributed by atoms with Gasteiger partial charge < -0.3 is 9.30 Å². The zero-order valence-electron chi connectivity index (χ0n) is 17.0. The van der Waals surface area contributed by atoms with E-state index in [-0.39, 0.29) is 16.5 Å². The predicted octanol–water partition coefficient (Wildman–Crippen LogP) is 5.96. The van der Waals surface area contributed by atoms with Gasteiger partial charge in [0.1, 0.15) is 11.6 Å². The summed E-state index contributed by atoms with van der Waals surface area (Å²) in [6, 6.07) is 10.3. The van der Waals surface area contributed by atoms with Crippen LogP contribution in [0.3, 0.4) is 0 Å². The fraction of sp³-hybridized carbons (Fsp3) is 0.227. The second kappa shape index (κ2) is 8.55. The SMILES string of the molecule is Cc1cc(Cl)ccc1-c1nc(C(F)(F)F)c(CC(=O)OCc2ccc3c(c2)ncn3C)s1. The van der Waals surface area contributed by atoms with Gasteiger partial charge in [0.2, 0.25) is 0 Å². The van der Waals surface area contributed by atoms with Gasteiger partial charge >= 0.3 is 12.1 Å². The lowest BCUT2D eigenvalue weighted by atomic mass is 10.1. The van der Waals surface area contributed by atoms with Crippen LogP contribution in [0.25, 0.3) is 21.6 Å². The van der Waals surface area contributed by atoms with E-state index in [1.807, 2.05) is 17.7 Å². The van der Waals surface area contributed by atoms with E-state index < -0.39 is 24.3 Å². The molecule has 0 aliphatic carbocycles. The minimum Gasteiger partial charge on any atom is -0.461 e. The molecule has 0 bridgehead atoms. The Balaban J connectivity index is 1.52. The molecule has 2 aromatic carbocycles. The number of ether oxygens (including phenoxy) is 1. The number of halogens is 4. The summed E-state index contributed by atoms with van der Waals surface area (Å²) in [5.41, 5.74) is 2.52. The van der Waals surface area contributed by atoms with Gasteiger partial charge in [-0.3, -0.25) is 4.79 Å². The minimum absolute atomic E-state index is 0.0609. The van der Waals surface area contributed by atoms with Crippen LogP contribution in [-0.2, 0) is 35.8 Å². The van der Waals surface area contributed by atoms with Gasteiger partial charge in [0.05, 0.1) is 23.8 Å². The van der Waals surface area contributed by atoms with Crippen molar-refractivity contribution in [2.24, 2.45) is 7.05 Å². The lowest BCUT2D eigenvalue weighted by molar-refractivity contribution is -0.145. The smallest absolute Gasteiger partial charge is 0.434 e. The van der Waals surface area contributed by atoms with E-state index in [0.29, 0.717) is 21.7 Å². The molecule has 2 aromatic heterocycles. The Bertz CT molecular complexity index is 1310. The molecule has 0 spiro atoms. The lowest BCUT2D eigenvalue weighted by Gasteiger charge is -2.07. The predicted molar refractivity (Wildman–Crippen MR) is 117 cm³/mol. The van der Waals surface area contributed by atoms with E-state index in [4.69, 9.17) is 16.3 Å². The topological polar surface area (TPSA) is 57.0 Å². The average molecular weight is 480 g/mol. The number of hydrogen-bond donors (Lipinski definition) is 0. The molecule has 0 radical (unpaired) electrons. The van der Waals surface area contributed by atoms with Crippen LogP contribution in [0.4, 0.5) is 13.2 Å². The van der Waals surface area contributed by atoms with Crippen molar-refractivity contribution < 1.29 is 22.7 Å². The molecule has 0 N–H and O–H groups in total. The molecule has 10 heteroatoms. The van der Waals surface area contributed by atoms with Crippen LogP contribution in [0.2, 0.25) is 5.02 Å². The van der Waals surface area contributed by atoms with Crippen LogP contribution in [0.15, 0.2) is 42.7 Å². The summed E-state index contributed by atoms with van der Waals surface area (Å²) in [4.78, 5) is 20.2. The standard InChI is InChI=1S/C22H17ClF3N3O2S/c1-12-7-14(23)4-5-15(12)21-28-20(22(24,25)26)18(32-21)9-19(30)31-10-13-3-6-17-16(8-13)27-11-29(17)2/h3-8,11H,9-10H2,1-2H3. The molecule has 4 rings (SSSR count). The lowest BCUT2D eigenvalue weighted by Crippen LogP contribution is -2.13. The first kappa shape index (κ1) is 22.3. The summed E-state index contributed by atoms with van der Waals surface area (Å²) in [6.07, 6.45) is -3.54. The summed E-state index contributed by atoms with van der Waals surface area (Å²) in [5, 5.41) is 0.654. The molecule has 2 heterocycles. The first-order valence-electron chi connectivity index (χ1n) is 9.51. The number of carbonyl (C=O) groups is 1. The largest absolute Gasteiger partial charge is 0.461 e. The summed E-state index contributed by atoms with van der Waals surface area (Å²) in [5.74, 6) is -0.764. The number of rotatable bonds is 5. The molecule has 0 amide bonds. The number of imidazole rings is 1. The molecule has 0 aliphatic heterocycles. The molecule has 32 heavy (non-hydrogen) atoms. The second-order valence-electron chi connectivity index (χ2n) is 7.26. The second-order valence-corrected chi connectivity index (χ2v) is 8.78. The van der Waals surface area contributed by atoms with E-state index in [2.05, 4.69) is 9.97 Å². The molecular weight excluding hydrogens is 463 g/mol. The van der Waals surface area contributed by atoms with E-state index in [9.17, 15) is 18.0 Å². The molecule has 166 valence electrons. The number of hydrogen-bond acceptors (Lipinski definition) is 5. The molecule has 0 fully saturated rings. The molecular formula is C22H17ClF3N3O2S. The van der Waals surface area contributed by atoms with Crippen molar-refractivity contribution in [2.45, 2.75) is 26.1 Å². The van der Waals surface area contributed by atoms with E-state index in [1.54, 1.807) is 43.6 Å². The van der Waals surface area contributed by atoms with E-state index in [0.717, 1.165) is 22.4 Å². The summed E-state index contributed by atoms with van der Waals surface area (Å²) < 4.78 is 47.8. The third kappa shape index (κ3) is 4.63. The highest BCUT2D eigenvalue weighted by atomic mass is 35.5. The molecule has 0 saturated carbocycles. The van der Waals surface area contributed by atoms with Crippen molar-refractivity contribution in [3.05, 3.63) is 69.4 Å². The van der Waals surface area contributed by atoms with Gasteiger partial charge in [-0.2, -0.15) is 13.2 Å². The zero-order valence-corrected chi connectivity index (χ0v) is 18.6. The minimum atomic E-state index is -4.69. The average Bonchev–Trinajstić information content (AvgIpc) is 3.30. The van der Waals surface area contributed by atoms with E-state index in [1.165, 1.54) is 0 Å². The van der Waals surface area contributed by atoms with Gasteiger partial charge in [-0.25, -0.2) is 9.97 Å². The van der Waals surface area contributed by atoms with Gasteiger partial charge in [-0.05, 0) is 42.3 Å². The number of thiazole rings is 1. The Hall–Kier alpha value is -2.91. The highest BCUT2D eigenvalue weighted by Gasteiger charge is 2.38. The quantitative estimate of drug-likeness (QED) is 0.331. The van der Waals surface area contributed by atoms with E-state index >= 15 is 0 Å². The molecule has 0 unspecified atom stereocenters. The molecule has 0 saturated heterocycles. The number of benzene rings is 2. The Morgan fingerprint density at radius 2 is 2.00 bits per heavy atom. The van der Waals surface area contributed by atoms with Crippen molar-refractivity contribution in [1.29, 1.82) is 0 Å². The summed E-state index contributed by atoms with van der Waals surface area (Å²) in [7, 11) is 1.86. The number of esters is 1. The Morgan fingerprint density at radius 1 is 1.22 bits per heavy atom. The van der Waals surface area contributed by atoms with Gasteiger partial charge in [-0.15, -0.1) is 11.3 Å². The third-order valence-electron chi connectivity index (χ3n) is 4.88. The first-order chi connectivity index (χ1) is 15.1. The number of carbonyl (C=O) groups excluding carboxylic acids is 1. The molecule has 4 aromatic rings. The van der Waals surface area contributed by atoms with Crippen molar-refractivity contribution in [2.75, 3.05) is 0 Å². The number of aryl methyl sites for hydroxylation is 2. The monoisotopic (exact) mass is 479 g/mol. The fourth-order valence-corrected chi connectivity index (χ4v) is 4.68. The van der Waals surface area contributed by atoms with Crippen LogP contribution in [0, 0.1) is 6.92 Å². The Kier molecular flexibility index (Phi) is 5.96. The highest BCUT2D eigenvalue weighted by molar-refractivity contribution is 7.15. The number of alkyl halides is 3. The number of fused-ring (bicyclic) bond motifs is 1. The fourth-order valence-electron chi connectivity index (χ4n) is 3.29. The summed E-state index contributed by atoms with van der Waals surface area (Å²) >= 11 is 6.76. The maximum Gasteiger partial charge on any atom is 0.434 e. The maximum absolute atomic E-state index is 13.6. The third-order valence-corrected chi connectivity index (χ3v) is 6.20. The van der Waals surface area contributed by atoms with Gasteiger partial charge in [0.15, 0.2) is 5.69 Å². The van der Waals surface area contributed by atoms with Crippen LogP contribution in [0.1, 0.15) is 21.7 Å². The highest BCUT2D eigenvalue weighted by Crippen LogP contribution is 2.39. The van der Waals surface area contributed by atoms with Crippen molar-refractivity contribution in [1.82, 2.24) is 14.5 Å². The number of nitrogens with zero attached hydrogens (tertiary/aromatic N) is 3. The Morgan fingerprint density at radius 3 is 2.72 bits per heavy atom. The van der Waals surface area contributed by atoms with Crippen molar-refractivity contribution >= 4 is 39.9 Å². The van der Waals surface area contributed by atoms with Crippen LogP contribution >= 0.6 is 22.9 Å². The molecule has 0 aliphatic rings. The van der Waals surface area contributed by atoms with Gasteiger partial charge in [0, 0.05) is 22.5 Å². The molecule has 0 atom stereocenters. The Labute approximate surface area is 190 Å². The van der Waals surface area contributed by atoms with Crippen LogP contribution in [-0.4, -0.2) is 20.5 Å². The normalized spacial score (nSPS) is 11.8. The van der Waals surface area contributed by atoms with Gasteiger partial charge in [-0.1, -0.05) is 23.7 Å². The van der Waals surface area contributed by atoms with Gasteiger partial charge in [0.25, 0.3) is 0 Å². The van der Waals surface area contributed by atoms with Crippen molar-refractivity contribution in [3.8, 4) is 10.6 Å². The molecule has 5 nitrogen and oxygen atoms in total. The van der Waals surface area contributed by atoms with Crippen LogP contribution < -0.4 is 0 Å². The zero-order chi connectivity index (χ0) is 23.0.